The van der Waals surface area contributed by atoms with Crippen LogP contribution >= 0.6 is 0 Å². The lowest BCUT2D eigenvalue weighted by Crippen LogP contribution is -2.18. The van der Waals surface area contributed by atoms with Crippen LogP contribution < -0.4 is 5.32 Å². The number of ether oxygens (including phenoxy) is 1. The summed E-state index contributed by atoms with van der Waals surface area (Å²) >= 11 is 0. The van der Waals surface area contributed by atoms with Gasteiger partial charge in [0.25, 0.3) is 0 Å². The molecule has 0 saturated heterocycles. The van der Waals surface area contributed by atoms with E-state index in [2.05, 4.69) is 10.1 Å². The molecule has 1 aromatic heterocycles. The molecule has 6 heteroatoms. The minimum atomic E-state index is -4.29. The molecule has 1 N–H and O–H groups in total. The summed E-state index contributed by atoms with van der Waals surface area (Å²) in [5, 5.41) is 4.23. The molecule has 0 aliphatic carbocycles. The Morgan fingerprint density at radius 2 is 2.05 bits per heavy atom. The van der Waals surface area contributed by atoms with Gasteiger partial charge in [0, 0.05) is 18.3 Å². The molecule has 0 unspecified atom stereocenters. The van der Waals surface area contributed by atoms with Crippen LogP contribution in [0.15, 0.2) is 30.5 Å². The molecule has 0 radical (unpaired) electrons. The predicted molar refractivity (Wildman–Crippen MR) is 71.3 cm³/mol. The normalized spacial score (nSPS) is 12.2. The fourth-order valence-corrected chi connectivity index (χ4v) is 2.00. The van der Waals surface area contributed by atoms with Gasteiger partial charge in [-0.15, -0.1) is 0 Å². The number of rotatable bonds is 6. The van der Waals surface area contributed by atoms with Crippen molar-refractivity contribution in [1.29, 1.82) is 0 Å². The molecule has 0 amide bonds. The fraction of sp³-hybridized carbons (Fsp3) is 0.429. The van der Waals surface area contributed by atoms with Crippen molar-refractivity contribution in [3.8, 4) is 0 Å². The Morgan fingerprint density at radius 3 is 2.75 bits per heavy atom. The molecule has 110 valence electrons. The molecule has 0 aliphatic rings. The van der Waals surface area contributed by atoms with Crippen molar-refractivity contribution in [2.45, 2.75) is 26.4 Å². The van der Waals surface area contributed by atoms with Gasteiger partial charge >= 0.3 is 6.18 Å². The summed E-state index contributed by atoms with van der Waals surface area (Å²) in [6.45, 7) is 2.38. The second-order valence-corrected chi connectivity index (χ2v) is 4.55. The molecular weight excluding hydrogens is 269 g/mol. The van der Waals surface area contributed by atoms with Crippen molar-refractivity contribution in [2.75, 3.05) is 13.2 Å². The molecule has 1 heterocycles. The highest BCUT2D eigenvalue weighted by atomic mass is 19.4. The van der Waals surface area contributed by atoms with Gasteiger partial charge in [-0.25, -0.2) is 0 Å². The average molecular weight is 286 g/mol. The number of fused-ring (bicyclic) bond motifs is 1. The standard InChI is InChI=1S/C14H17F3N2O/c1-2-18-8-11-3-4-13-12(7-11)5-6-19(13)10-20-9-14(15,16)17/h3-7,18H,2,8-10H2,1H3. The van der Waals surface area contributed by atoms with Crippen molar-refractivity contribution in [1.82, 2.24) is 9.88 Å². The molecule has 0 aliphatic heterocycles. The fourth-order valence-electron chi connectivity index (χ4n) is 2.00. The molecule has 2 rings (SSSR count). The highest BCUT2D eigenvalue weighted by molar-refractivity contribution is 5.80. The summed E-state index contributed by atoms with van der Waals surface area (Å²) in [4.78, 5) is 0. The predicted octanol–water partition coefficient (Wildman–Crippen LogP) is 3.29. The summed E-state index contributed by atoms with van der Waals surface area (Å²) in [6.07, 6.45) is -2.56. The molecule has 0 saturated carbocycles. The van der Waals surface area contributed by atoms with Gasteiger partial charge in [-0.05, 0) is 35.7 Å². The van der Waals surface area contributed by atoms with Crippen molar-refractivity contribution in [2.24, 2.45) is 0 Å². The van der Waals surface area contributed by atoms with Gasteiger partial charge in [-0.2, -0.15) is 13.2 Å². The van der Waals surface area contributed by atoms with Crippen LogP contribution in [0.5, 0.6) is 0 Å². The third kappa shape index (κ3) is 3.98. The molecule has 1 aromatic carbocycles. The van der Waals surface area contributed by atoms with Gasteiger partial charge in [0.15, 0.2) is 0 Å². The Hall–Kier alpha value is -1.53. The van der Waals surface area contributed by atoms with E-state index in [1.807, 2.05) is 31.2 Å². The van der Waals surface area contributed by atoms with Crippen LogP contribution in [0.2, 0.25) is 0 Å². The molecule has 0 spiro atoms. The molecule has 0 atom stereocenters. The smallest absolute Gasteiger partial charge is 0.351 e. The van der Waals surface area contributed by atoms with E-state index < -0.39 is 12.8 Å². The Labute approximate surface area is 115 Å². The maximum Gasteiger partial charge on any atom is 0.411 e. The Balaban J connectivity index is 2.04. The monoisotopic (exact) mass is 286 g/mol. The number of nitrogens with zero attached hydrogens (tertiary/aromatic N) is 1. The van der Waals surface area contributed by atoms with E-state index in [4.69, 9.17) is 0 Å². The lowest BCUT2D eigenvalue weighted by Gasteiger charge is -2.09. The summed E-state index contributed by atoms with van der Waals surface area (Å²) in [7, 11) is 0. The van der Waals surface area contributed by atoms with Crippen molar-refractivity contribution in [3.05, 3.63) is 36.0 Å². The first kappa shape index (κ1) is 14.9. The molecule has 20 heavy (non-hydrogen) atoms. The van der Waals surface area contributed by atoms with Crippen LogP contribution in [0, 0.1) is 0 Å². The van der Waals surface area contributed by atoms with Gasteiger partial charge in [0.2, 0.25) is 0 Å². The Bertz CT molecular complexity index is 563. The number of hydrogen-bond donors (Lipinski definition) is 1. The maximum atomic E-state index is 12.0. The lowest BCUT2D eigenvalue weighted by molar-refractivity contribution is -0.181. The largest absolute Gasteiger partial charge is 0.411 e. The molecular formula is C14H17F3N2O. The zero-order chi connectivity index (χ0) is 14.6. The van der Waals surface area contributed by atoms with Gasteiger partial charge in [-0.3, -0.25) is 0 Å². The van der Waals surface area contributed by atoms with E-state index in [-0.39, 0.29) is 6.73 Å². The minimum absolute atomic E-state index is 0.102. The van der Waals surface area contributed by atoms with E-state index >= 15 is 0 Å². The molecule has 2 aromatic rings. The van der Waals surface area contributed by atoms with Crippen molar-refractivity contribution >= 4 is 10.9 Å². The van der Waals surface area contributed by atoms with Crippen LogP contribution in [0.25, 0.3) is 10.9 Å². The lowest BCUT2D eigenvalue weighted by atomic mass is 10.1. The number of benzene rings is 1. The number of hydrogen-bond acceptors (Lipinski definition) is 2. The summed E-state index contributed by atoms with van der Waals surface area (Å²) in [6, 6.07) is 7.77. The second kappa shape index (κ2) is 6.28. The zero-order valence-electron chi connectivity index (χ0n) is 11.2. The first-order valence-electron chi connectivity index (χ1n) is 6.42. The van der Waals surface area contributed by atoms with E-state index in [0.29, 0.717) is 0 Å². The summed E-state index contributed by atoms with van der Waals surface area (Å²) in [5.41, 5.74) is 2.01. The van der Waals surface area contributed by atoms with Crippen LogP contribution in [-0.2, 0) is 18.0 Å². The van der Waals surface area contributed by atoms with Crippen LogP contribution in [0.1, 0.15) is 12.5 Å². The topological polar surface area (TPSA) is 26.2 Å². The summed E-state index contributed by atoms with van der Waals surface area (Å²) in [5.74, 6) is 0. The maximum absolute atomic E-state index is 12.0. The van der Waals surface area contributed by atoms with Gasteiger partial charge in [0.05, 0.1) is 0 Å². The van der Waals surface area contributed by atoms with Crippen LogP contribution in [-0.4, -0.2) is 23.9 Å². The number of alkyl halides is 3. The highest BCUT2D eigenvalue weighted by Gasteiger charge is 2.27. The van der Waals surface area contributed by atoms with E-state index in [1.165, 1.54) is 0 Å². The van der Waals surface area contributed by atoms with Crippen molar-refractivity contribution < 1.29 is 17.9 Å². The zero-order valence-corrected chi connectivity index (χ0v) is 11.2. The summed E-state index contributed by atoms with van der Waals surface area (Å²) < 4.78 is 42.4. The van der Waals surface area contributed by atoms with Gasteiger partial charge < -0.3 is 14.6 Å². The van der Waals surface area contributed by atoms with E-state index in [1.54, 1.807) is 10.8 Å². The third-order valence-electron chi connectivity index (χ3n) is 2.91. The minimum Gasteiger partial charge on any atom is -0.351 e. The number of nitrogens with one attached hydrogen (secondary N) is 1. The van der Waals surface area contributed by atoms with Crippen LogP contribution in [0.4, 0.5) is 13.2 Å². The highest BCUT2D eigenvalue weighted by Crippen LogP contribution is 2.19. The second-order valence-electron chi connectivity index (χ2n) is 4.55. The van der Waals surface area contributed by atoms with E-state index in [9.17, 15) is 13.2 Å². The van der Waals surface area contributed by atoms with Gasteiger partial charge in [0.1, 0.15) is 13.3 Å². The quantitative estimate of drug-likeness (QED) is 0.882. The number of aromatic nitrogens is 1. The first-order valence-corrected chi connectivity index (χ1v) is 6.42. The SMILES string of the molecule is CCNCc1ccc2c(ccn2COCC(F)(F)F)c1. The molecule has 0 fully saturated rings. The molecule has 3 nitrogen and oxygen atoms in total. The Morgan fingerprint density at radius 1 is 1.25 bits per heavy atom. The Kier molecular flexibility index (Phi) is 4.67. The van der Waals surface area contributed by atoms with Crippen LogP contribution in [0.3, 0.4) is 0 Å². The number of halogens is 3. The molecule has 0 bridgehead atoms. The first-order chi connectivity index (χ1) is 9.49. The van der Waals surface area contributed by atoms with Crippen molar-refractivity contribution in [3.63, 3.8) is 0 Å². The van der Waals surface area contributed by atoms with Gasteiger partial charge in [-0.1, -0.05) is 13.0 Å². The third-order valence-corrected chi connectivity index (χ3v) is 2.91. The average Bonchev–Trinajstić information content (AvgIpc) is 2.77. The van der Waals surface area contributed by atoms with E-state index in [0.717, 1.165) is 29.6 Å².